The van der Waals surface area contributed by atoms with Gasteiger partial charge in [-0.3, -0.25) is 20.1 Å². The van der Waals surface area contributed by atoms with Gasteiger partial charge in [-0.1, -0.05) is 0 Å². The zero-order valence-corrected chi connectivity index (χ0v) is 5.94. The van der Waals surface area contributed by atoms with E-state index >= 15 is 0 Å². The van der Waals surface area contributed by atoms with Gasteiger partial charge >= 0.3 is 6.69 Å². The normalized spacial score (nSPS) is 11.7. The standard InChI is InChI=1S/BN12/c2-10-6-1(7-11-3,8-12-4)9-13-5/q-1. The van der Waals surface area contributed by atoms with E-state index in [4.69, 9.17) is 22.1 Å². The highest BCUT2D eigenvalue weighted by Crippen LogP contribution is 2.12. The summed E-state index contributed by atoms with van der Waals surface area (Å²) < 4.78 is 0. The van der Waals surface area contributed by atoms with Crippen LogP contribution in [0.15, 0.2) is 20.1 Å². The molecule has 0 saturated heterocycles. The molecule has 0 aromatic rings. The molecule has 0 heterocycles. The van der Waals surface area contributed by atoms with Crippen LogP contribution >= 0.6 is 0 Å². The van der Waals surface area contributed by atoms with Crippen LogP contribution < -0.4 is 0 Å². The van der Waals surface area contributed by atoms with Gasteiger partial charge in [-0.25, -0.2) is 0 Å². The minimum absolute atomic E-state index is 2.22. The third-order valence-corrected chi connectivity index (χ3v) is 0.826. The van der Waals surface area contributed by atoms with E-state index < -0.39 is 6.69 Å². The highest BCUT2D eigenvalue weighted by molar-refractivity contribution is 6.72. The van der Waals surface area contributed by atoms with E-state index in [1.807, 2.05) is 0 Å². The summed E-state index contributed by atoms with van der Waals surface area (Å²) in [6, 6.07) is 0. The SMILES string of the molecule is [N-]=[N+]=N[B-](N=[N+]=[N-])(N=[N+]=[N-])N=[N+]=[N-]. The summed E-state index contributed by atoms with van der Waals surface area (Å²) in [5.74, 6) is 0. The zero-order chi connectivity index (χ0) is 10.2. The number of rotatable bonds is 4. The molecule has 12 nitrogen and oxygen atoms in total. The molecule has 0 aliphatic rings. The van der Waals surface area contributed by atoms with E-state index in [9.17, 15) is 0 Å². The van der Waals surface area contributed by atoms with Gasteiger partial charge in [0.05, 0.1) is 0 Å². The Morgan fingerprint density at radius 1 is 0.615 bits per heavy atom. The first-order chi connectivity index (χ1) is 6.24. The van der Waals surface area contributed by atoms with Crippen molar-refractivity contribution in [1.29, 1.82) is 0 Å². The summed E-state index contributed by atoms with van der Waals surface area (Å²) in [6.07, 6.45) is 0. The van der Waals surface area contributed by atoms with E-state index in [1.165, 1.54) is 0 Å². The molecule has 0 unspecified atom stereocenters. The van der Waals surface area contributed by atoms with Crippen molar-refractivity contribution < 1.29 is 0 Å². The molecular weight excluding hydrogens is 179 g/mol. The van der Waals surface area contributed by atoms with Gasteiger partial charge in [0.2, 0.25) is 0 Å². The van der Waals surface area contributed by atoms with Gasteiger partial charge in [-0.2, -0.15) is 0 Å². The van der Waals surface area contributed by atoms with E-state index in [0.29, 0.717) is 0 Å². The molecule has 0 atom stereocenters. The molecule has 0 N–H and O–H groups in total. The van der Waals surface area contributed by atoms with Crippen molar-refractivity contribution in [3.05, 3.63) is 41.8 Å². The lowest BCUT2D eigenvalue weighted by molar-refractivity contribution is 1.27. The van der Waals surface area contributed by atoms with Crippen LogP contribution in [-0.2, 0) is 0 Å². The minimum atomic E-state index is -3.14. The first-order valence-electron chi connectivity index (χ1n) is 2.63. The molecule has 13 heavy (non-hydrogen) atoms. The van der Waals surface area contributed by atoms with Gasteiger partial charge in [0.25, 0.3) is 0 Å². The van der Waals surface area contributed by atoms with Gasteiger partial charge in [0.15, 0.2) is 0 Å². The largest absolute Gasteiger partial charge is 0.320 e. The van der Waals surface area contributed by atoms with Crippen molar-refractivity contribution in [2.45, 2.75) is 0 Å². The van der Waals surface area contributed by atoms with Gasteiger partial charge < -0.3 is 0 Å². The summed E-state index contributed by atoms with van der Waals surface area (Å²) >= 11 is 0. The maximum atomic E-state index is 8.01. The summed E-state index contributed by atoms with van der Waals surface area (Å²) in [5, 5.41) is 11.2. The van der Waals surface area contributed by atoms with Crippen molar-refractivity contribution in [3.8, 4) is 0 Å². The molecule has 0 bridgehead atoms. The number of hydrogen-bond donors (Lipinski definition) is 0. The fourth-order valence-corrected chi connectivity index (χ4v) is 0.416. The van der Waals surface area contributed by atoms with Crippen molar-refractivity contribution in [1.82, 2.24) is 0 Å². The quantitative estimate of drug-likeness (QED) is 0.264. The topological polar surface area (TPSA) is 195 Å². The lowest BCUT2D eigenvalue weighted by Crippen LogP contribution is -2.21. The molecule has 0 fully saturated rings. The molecule has 0 radical (unpaired) electrons. The zero-order valence-electron chi connectivity index (χ0n) is 5.94. The van der Waals surface area contributed by atoms with Crippen LogP contribution in [0.5, 0.6) is 0 Å². The van der Waals surface area contributed by atoms with Crippen molar-refractivity contribution in [3.63, 3.8) is 0 Å². The number of azide groups is 1. The second-order valence-corrected chi connectivity index (χ2v) is 1.51. The molecule has 0 aliphatic carbocycles. The van der Waals surface area contributed by atoms with Crippen LogP contribution in [0.1, 0.15) is 0 Å². The molecule has 0 aliphatic heterocycles. The first-order valence-corrected chi connectivity index (χ1v) is 2.63. The van der Waals surface area contributed by atoms with Gasteiger partial charge in [-0.15, -0.1) is 0 Å². The molecule has 0 aromatic heterocycles. The van der Waals surface area contributed by atoms with E-state index in [1.54, 1.807) is 0 Å². The second kappa shape index (κ2) is 5.02. The Labute approximate surface area is 69.7 Å². The number of hydrogen-bond acceptors (Lipinski definition) is 4. The Morgan fingerprint density at radius 3 is 1.00 bits per heavy atom. The lowest BCUT2D eigenvalue weighted by atomic mass is 9.83. The summed E-state index contributed by atoms with van der Waals surface area (Å²) in [5.41, 5.74) is 32.0. The molecule has 0 aromatic carbocycles. The van der Waals surface area contributed by atoms with Crippen LogP contribution in [0.3, 0.4) is 0 Å². The average molecular weight is 179 g/mol. The minimum Gasteiger partial charge on any atom is -0.282 e. The van der Waals surface area contributed by atoms with Gasteiger partial charge in [-0.05, 0) is 41.8 Å². The molecule has 0 saturated carbocycles. The predicted octanol–water partition coefficient (Wildman–Crippen LogP) is 2.66. The van der Waals surface area contributed by atoms with Gasteiger partial charge in [0, 0.05) is 0 Å². The van der Waals surface area contributed by atoms with E-state index in [-0.39, 0.29) is 0 Å². The predicted molar refractivity (Wildman–Crippen MR) is 42.3 cm³/mol. The summed E-state index contributed by atoms with van der Waals surface area (Å²) in [6.45, 7) is -3.14. The van der Waals surface area contributed by atoms with Crippen LogP contribution in [0.25, 0.3) is 41.8 Å². The summed E-state index contributed by atoms with van der Waals surface area (Å²) in [7, 11) is 0. The molecule has 0 rings (SSSR count). The van der Waals surface area contributed by atoms with Crippen LogP contribution in [0.4, 0.5) is 0 Å². The maximum absolute atomic E-state index is 8.01. The van der Waals surface area contributed by atoms with Crippen molar-refractivity contribution in [2.75, 3.05) is 0 Å². The molecule has 13 heteroatoms. The Hall–Kier alpha value is -2.70. The average Bonchev–Trinajstić information content (AvgIpc) is 2.06. The first kappa shape index (κ1) is 10.3. The third kappa shape index (κ3) is 2.80. The van der Waals surface area contributed by atoms with Gasteiger partial charge in [0.1, 0.15) is 0 Å². The van der Waals surface area contributed by atoms with Crippen LogP contribution in [-0.4, -0.2) is 6.69 Å². The number of nitrogens with zero attached hydrogens (tertiary/aromatic N) is 12. The van der Waals surface area contributed by atoms with E-state index in [0.717, 1.165) is 0 Å². The Kier molecular flexibility index (Phi) is 3.98. The fourth-order valence-electron chi connectivity index (χ4n) is 0.416. The Bertz CT molecular complexity index is 284. The monoisotopic (exact) mass is 179 g/mol. The lowest BCUT2D eigenvalue weighted by Gasteiger charge is -2.16. The van der Waals surface area contributed by atoms with Crippen LogP contribution in [0, 0.1) is 0 Å². The molecular formula is BN12-. The fraction of sp³-hybridized carbons (Fsp3) is 0. The van der Waals surface area contributed by atoms with Crippen LogP contribution in [0.2, 0.25) is 0 Å². The highest BCUT2D eigenvalue weighted by atomic mass is 15.4. The summed E-state index contributed by atoms with van der Waals surface area (Å²) in [4.78, 5) is 8.89. The molecule has 0 spiro atoms. The Balaban J connectivity index is 5.52. The maximum Gasteiger partial charge on any atom is 0.320 e. The molecule has 64 valence electrons. The smallest absolute Gasteiger partial charge is 0.282 e. The third-order valence-electron chi connectivity index (χ3n) is 0.826. The second-order valence-electron chi connectivity index (χ2n) is 1.51. The van der Waals surface area contributed by atoms with Crippen molar-refractivity contribution >= 4 is 6.69 Å². The van der Waals surface area contributed by atoms with E-state index in [2.05, 4.69) is 39.7 Å². The Morgan fingerprint density at radius 2 is 0.846 bits per heavy atom. The molecule has 0 amide bonds. The van der Waals surface area contributed by atoms with Crippen molar-refractivity contribution in [2.24, 2.45) is 20.1 Å². The highest BCUT2D eigenvalue weighted by Gasteiger charge is 2.16.